The number of nitrogens with two attached hydrogens (primary N) is 1. The number of carbonyl (C=O) groups excluding carboxylic acids is 1. The Labute approximate surface area is 114 Å². The van der Waals surface area contributed by atoms with Gasteiger partial charge in [-0.05, 0) is 18.2 Å². The third-order valence-corrected chi connectivity index (χ3v) is 2.41. The molecule has 0 aliphatic heterocycles. The minimum absolute atomic E-state index is 0.186. The summed E-state index contributed by atoms with van der Waals surface area (Å²) in [7, 11) is 1.44. The minimum atomic E-state index is -1.17. The van der Waals surface area contributed by atoms with Crippen LogP contribution in [0, 0.1) is 0 Å². The van der Waals surface area contributed by atoms with Crippen molar-refractivity contribution in [2.24, 2.45) is 5.73 Å². The van der Waals surface area contributed by atoms with Crippen molar-refractivity contribution in [2.45, 2.75) is 0 Å². The molecule has 1 aromatic rings. The molecular weight excluding hydrogens is 272 g/mol. The van der Waals surface area contributed by atoms with Gasteiger partial charge in [0.1, 0.15) is 5.75 Å². The van der Waals surface area contributed by atoms with E-state index in [-0.39, 0.29) is 12.2 Å². The van der Waals surface area contributed by atoms with Gasteiger partial charge >= 0.3 is 5.97 Å². The van der Waals surface area contributed by atoms with Crippen LogP contribution in [0.4, 0.5) is 0 Å². The Morgan fingerprint density at radius 2 is 2.21 bits per heavy atom. The maximum atomic E-state index is 10.8. The molecule has 1 aromatic carbocycles. The molecule has 1 amide bonds. The van der Waals surface area contributed by atoms with Crippen LogP contribution in [0.3, 0.4) is 0 Å². The number of hydrogen-bond acceptors (Lipinski definition) is 4. The number of primary amides is 1. The van der Waals surface area contributed by atoms with Crippen molar-refractivity contribution >= 4 is 29.2 Å². The maximum Gasteiger partial charge on any atom is 0.330 e. The quantitative estimate of drug-likeness (QED) is 0.672. The van der Waals surface area contributed by atoms with E-state index in [1.165, 1.54) is 13.2 Å². The van der Waals surface area contributed by atoms with Crippen molar-refractivity contribution in [2.75, 3.05) is 13.7 Å². The second kappa shape index (κ2) is 6.65. The molecule has 0 saturated heterocycles. The van der Waals surface area contributed by atoms with Crippen LogP contribution in [0.15, 0.2) is 24.3 Å². The molecule has 19 heavy (non-hydrogen) atoms. The lowest BCUT2D eigenvalue weighted by Crippen LogP contribution is -2.28. The second-order valence-electron chi connectivity index (χ2n) is 3.56. The molecule has 0 heterocycles. The number of halogens is 1. The summed E-state index contributed by atoms with van der Waals surface area (Å²) in [6.45, 7) is -0.200. The van der Waals surface area contributed by atoms with Gasteiger partial charge in [0.15, 0.2) is 0 Å². The smallest absolute Gasteiger partial charge is 0.330 e. The summed E-state index contributed by atoms with van der Waals surface area (Å²) in [5, 5.41) is 11.9. The van der Waals surface area contributed by atoms with Gasteiger partial charge < -0.3 is 20.9 Å². The van der Waals surface area contributed by atoms with Gasteiger partial charge in [-0.15, -0.1) is 0 Å². The number of carboxylic acid groups (broad SMARTS) is 1. The molecule has 1 rings (SSSR count). The van der Waals surface area contributed by atoms with Crippen LogP contribution in [-0.4, -0.2) is 30.6 Å². The maximum absolute atomic E-state index is 10.8. The van der Waals surface area contributed by atoms with E-state index in [1.807, 2.05) is 0 Å². The highest BCUT2D eigenvalue weighted by molar-refractivity contribution is 6.30. The lowest BCUT2D eigenvalue weighted by atomic mass is 10.1. The van der Waals surface area contributed by atoms with Gasteiger partial charge in [-0.3, -0.25) is 4.79 Å². The van der Waals surface area contributed by atoms with E-state index < -0.39 is 11.9 Å². The highest BCUT2D eigenvalue weighted by Crippen LogP contribution is 2.27. The van der Waals surface area contributed by atoms with E-state index in [9.17, 15) is 9.59 Å². The number of ether oxygens (including phenoxy) is 1. The number of hydrogen-bond donors (Lipinski definition) is 3. The van der Waals surface area contributed by atoms with Crippen molar-refractivity contribution in [1.82, 2.24) is 5.32 Å². The topological polar surface area (TPSA) is 102 Å². The predicted octanol–water partition coefficient (Wildman–Crippen LogP) is 0.849. The molecule has 0 aliphatic carbocycles. The van der Waals surface area contributed by atoms with Gasteiger partial charge in [-0.2, -0.15) is 0 Å². The zero-order chi connectivity index (χ0) is 14.4. The minimum Gasteiger partial charge on any atom is -0.496 e. The van der Waals surface area contributed by atoms with Crippen LogP contribution in [0.25, 0.3) is 5.70 Å². The molecule has 7 heteroatoms. The Balaban J connectivity index is 3.20. The van der Waals surface area contributed by atoms with E-state index in [0.717, 1.165) is 6.08 Å². The summed E-state index contributed by atoms with van der Waals surface area (Å²) in [5.74, 6) is -1.36. The first-order valence-corrected chi connectivity index (χ1v) is 5.62. The molecule has 0 bridgehead atoms. The summed E-state index contributed by atoms with van der Waals surface area (Å²) in [6.07, 6.45) is 0.914. The lowest BCUT2D eigenvalue weighted by molar-refractivity contribution is -0.131. The molecular formula is C12H13ClN2O4. The standard InChI is InChI=1S/C12H13ClN2O4/c1-19-10-3-2-7(13)4-8(10)9(5-12(17)18)15-6-11(14)16/h2-5,15H,6H2,1H3,(H2,14,16)(H,17,18)/b9-5+. The average Bonchev–Trinajstić information content (AvgIpc) is 2.33. The molecule has 102 valence electrons. The Bertz CT molecular complexity index is 528. The van der Waals surface area contributed by atoms with Crippen molar-refractivity contribution in [3.63, 3.8) is 0 Å². The summed E-state index contributed by atoms with van der Waals surface area (Å²) < 4.78 is 5.12. The fraction of sp³-hybridized carbons (Fsp3) is 0.167. The lowest BCUT2D eigenvalue weighted by Gasteiger charge is -2.13. The van der Waals surface area contributed by atoms with Gasteiger partial charge in [0.05, 0.1) is 19.4 Å². The Hall–Kier alpha value is -2.21. The second-order valence-corrected chi connectivity index (χ2v) is 4.00. The van der Waals surface area contributed by atoms with E-state index in [0.29, 0.717) is 16.3 Å². The Kier molecular flexibility index (Phi) is 5.20. The summed E-state index contributed by atoms with van der Waals surface area (Å²) in [6, 6.07) is 4.73. The first-order valence-electron chi connectivity index (χ1n) is 5.24. The van der Waals surface area contributed by atoms with Crippen LogP contribution >= 0.6 is 11.6 Å². The molecule has 0 fully saturated rings. The van der Waals surface area contributed by atoms with Gasteiger partial charge in [-0.1, -0.05) is 11.6 Å². The number of rotatable bonds is 6. The fourth-order valence-corrected chi connectivity index (χ4v) is 1.59. The first kappa shape index (κ1) is 14.8. The monoisotopic (exact) mass is 284 g/mol. The average molecular weight is 285 g/mol. The van der Waals surface area contributed by atoms with Gasteiger partial charge in [-0.25, -0.2) is 4.79 Å². The van der Waals surface area contributed by atoms with E-state index in [2.05, 4.69) is 5.32 Å². The van der Waals surface area contributed by atoms with Crippen LogP contribution in [0.2, 0.25) is 5.02 Å². The molecule has 0 unspecified atom stereocenters. The highest BCUT2D eigenvalue weighted by atomic mass is 35.5. The molecule has 0 saturated carbocycles. The summed E-state index contributed by atoms with van der Waals surface area (Å²) >= 11 is 5.87. The van der Waals surface area contributed by atoms with Crippen LogP contribution in [-0.2, 0) is 9.59 Å². The van der Waals surface area contributed by atoms with Gasteiger partial charge in [0.25, 0.3) is 0 Å². The van der Waals surface area contributed by atoms with Gasteiger partial charge in [0, 0.05) is 16.7 Å². The zero-order valence-corrected chi connectivity index (χ0v) is 10.9. The van der Waals surface area contributed by atoms with Crippen molar-refractivity contribution < 1.29 is 19.4 Å². The number of benzene rings is 1. The van der Waals surface area contributed by atoms with E-state index in [1.54, 1.807) is 12.1 Å². The number of nitrogens with one attached hydrogen (secondary N) is 1. The number of carboxylic acids is 1. The zero-order valence-electron chi connectivity index (χ0n) is 10.1. The molecule has 0 aromatic heterocycles. The normalized spacial score (nSPS) is 10.9. The Morgan fingerprint density at radius 1 is 1.53 bits per heavy atom. The summed E-state index contributed by atoms with van der Waals surface area (Å²) in [4.78, 5) is 21.6. The largest absolute Gasteiger partial charge is 0.496 e. The van der Waals surface area contributed by atoms with Gasteiger partial charge in [0.2, 0.25) is 5.91 Å². The van der Waals surface area contributed by atoms with Crippen molar-refractivity contribution in [3.05, 3.63) is 34.9 Å². The Morgan fingerprint density at radius 3 is 2.74 bits per heavy atom. The molecule has 0 spiro atoms. The number of methoxy groups -OCH3 is 1. The molecule has 6 nitrogen and oxygen atoms in total. The number of amides is 1. The first-order chi connectivity index (χ1) is 8.93. The molecule has 0 radical (unpaired) electrons. The number of aliphatic carboxylic acids is 1. The number of carbonyl (C=O) groups is 2. The molecule has 4 N–H and O–H groups in total. The third kappa shape index (κ3) is 4.51. The third-order valence-electron chi connectivity index (χ3n) is 2.17. The van der Waals surface area contributed by atoms with Crippen molar-refractivity contribution in [3.8, 4) is 5.75 Å². The highest BCUT2D eigenvalue weighted by Gasteiger charge is 2.11. The van der Waals surface area contributed by atoms with Crippen LogP contribution in [0.1, 0.15) is 5.56 Å². The van der Waals surface area contributed by atoms with Crippen molar-refractivity contribution in [1.29, 1.82) is 0 Å². The molecule has 0 aliphatic rings. The molecule has 0 atom stereocenters. The fourth-order valence-electron chi connectivity index (χ4n) is 1.42. The van der Waals surface area contributed by atoms with Crippen LogP contribution < -0.4 is 15.8 Å². The van der Waals surface area contributed by atoms with Crippen LogP contribution in [0.5, 0.6) is 5.75 Å². The van der Waals surface area contributed by atoms with E-state index in [4.69, 9.17) is 27.2 Å². The van der Waals surface area contributed by atoms with E-state index >= 15 is 0 Å². The summed E-state index contributed by atoms with van der Waals surface area (Å²) in [5.41, 5.74) is 5.63. The predicted molar refractivity (Wildman–Crippen MR) is 70.8 cm³/mol. The SMILES string of the molecule is COc1ccc(Cl)cc1/C(=C\C(=O)O)NCC(N)=O.